The molecule has 1 fully saturated rings. The molecule has 0 unspecified atom stereocenters. The van der Waals surface area contributed by atoms with Crippen LogP contribution in [0, 0.1) is 0 Å². The van der Waals surface area contributed by atoms with E-state index in [4.69, 9.17) is 0 Å². The second-order valence-electron chi connectivity index (χ2n) is 7.21. The second-order valence-corrected chi connectivity index (χ2v) is 9.08. The molecule has 0 bridgehead atoms. The van der Waals surface area contributed by atoms with Gasteiger partial charge in [-0.15, -0.1) is 0 Å². The number of aromatic nitrogens is 1. The van der Waals surface area contributed by atoms with Gasteiger partial charge in [-0.2, -0.15) is 0 Å². The SMILES string of the molecule is O=C1c2ccccc2C(=O)N1CCS(=O)(=O)NC1CCN(c2ccncc2)CC1. The van der Waals surface area contributed by atoms with E-state index < -0.39 is 21.8 Å². The Labute approximate surface area is 169 Å². The van der Waals surface area contributed by atoms with Crippen molar-refractivity contribution in [2.24, 2.45) is 0 Å². The summed E-state index contributed by atoms with van der Waals surface area (Å²) >= 11 is 0. The number of amides is 2. The zero-order valence-electron chi connectivity index (χ0n) is 15.8. The van der Waals surface area contributed by atoms with Gasteiger partial charge in [-0.05, 0) is 37.1 Å². The summed E-state index contributed by atoms with van der Waals surface area (Å²) in [7, 11) is -3.61. The van der Waals surface area contributed by atoms with Gasteiger partial charge in [-0.1, -0.05) is 12.1 Å². The van der Waals surface area contributed by atoms with Crippen LogP contribution in [0.4, 0.5) is 5.69 Å². The van der Waals surface area contributed by atoms with E-state index in [1.165, 1.54) is 0 Å². The van der Waals surface area contributed by atoms with Gasteiger partial charge in [-0.25, -0.2) is 13.1 Å². The van der Waals surface area contributed by atoms with Gasteiger partial charge in [0, 0.05) is 43.8 Å². The molecule has 1 N–H and O–H groups in total. The fraction of sp³-hybridized carbons (Fsp3) is 0.350. The number of piperidine rings is 1. The predicted octanol–water partition coefficient (Wildman–Crippen LogP) is 1.27. The third-order valence-corrected chi connectivity index (χ3v) is 6.74. The van der Waals surface area contributed by atoms with E-state index in [-0.39, 0.29) is 18.3 Å². The maximum absolute atomic E-state index is 12.5. The topological polar surface area (TPSA) is 99.7 Å². The molecule has 1 aromatic carbocycles. The van der Waals surface area contributed by atoms with Crippen molar-refractivity contribution in [2.45, 2.75) is 18.9 Å². The van der Waals surface area contributed by atoms with E-state index in [2.05, 4.69) is 14.6 Å². The molecule has 0 spiro atoms. The molecule has 0 atom stereocenters. The molecule has 0 saturated carbocycles. The molecule has 1 aromatic heterocycles. The lowest BCUT2D eigenvalue weighted by atomic mass is 10.1. The number of anilines is 1. The van der Waals surface area contributed by atoms with E-state index in [0.717, 1.165) is 23.7 Å². The van der Waals surface area contributed by atoms with Crippen LogP contribution in [0.2, 0.25) is 0 Å². The number of hydrogen-bond acceptors (Lipinski definition) is 6. The highest BCUT2D eigenvalue weighted by Crippen LogP contribution is 2.22. The Morgan fingerprint density at radius 3 is 2.14 bits per heavy atom. The molecular formula is C20H22N4O4S. The number of sulfonamides is 1. The summed E-state index contributed by atoms with van der Waals surface area (Å²) in [5.41, 5.74) is 1.73. The van der Waals surface area contributed by atoms with Crippen molar-refractivity contribution in [3.8, 4) is 0 Å². The third kappa shape index (κ3) is 4.15. The molecule has 9 heteroatoms. The summed E-state index contributed by atoms with van der Waals surface area (Å²) in [6, 6.07) is 10.3. The van der Waals surface area contributed by atoms with Crippen LogP contribution in [0.5, 0.6) is 0 Å². The summed E-state index contributed by atoms with van der Waals surface area (Å²) in [6.07, 6.45) is 4.86. The van der Waals surface area contributed by atoms with Crippen molar-refractivity contribution in [3.05, 3.63) is 59.9 Å². The average molecular weight is 414 g/mol. The summed E-state index contributed by atoms with van der Waals surface area (Å²) in [6.45, 7) is 1.34. The molecule has 8 nitrogen and oxygen atoms in total. The Balaban J connectivity index is 1.30. The summed E-state index contributed by atoms with van der Waals surface area (Å²) in [5, 5.41) is 0. The lowest BCUT2D eigenvalue weighted by Gasteiger charge is -2.33. The summed E-state index contributed by atoms with van der Waals surface area (Å²) in [5.74, 6) is -1.18. The Morgan fingerprint density at radius 2 is 1.55 bits per heavy atom. The Bertz CT molecular complexity index is 983. The van der Waals surface area contributed by atoms with Crippen LogP contribution < -0.4 is 9.62 Å². The highest BCUT2D eigenvalue weighted by Gasteiger charge is 2.35. The molecule has 2 aromatic rings. The van der Waals surface area contributed by atoms with Gasteiger partial charge in [-0.3, -0.25) is 19.5 Å². The third-order valence-electron chi connectivity index (χ3n) is 5.33. The zero-order chi connectivity index (χ0) is 20.4. The van der Waals surface area contributed by atoms with E-state index in [0.29, 0.717) is 24.0 Å². The first-order chi connectivity index (χ1) is 13.9. The normalized spacial score (nSPS) is 17.7. The van der Waals surface area contributed by atoms with Gasteiger partial charge in [0.15, 0.2) is 0 Å². The van der Waals surface area contributed by atoms with Gasteiger partial charge in [0.05, 0.1) is 16.9 Å². The number of nitrogens with zero attached hydrogens (tertiary/aromatic N) is 3. The minimum absolute atomic E-state index is 0.153. The first-order valence-corrected chi connectivity index (χ1v) is 11.2. The molecule has 1 saturated heterocycles. The van der Waals surface area contributed by atoms with Crippen LogP contribution in [0.25, 0.3) is 0 Å². The smallest absolute Gasteiger partial charge is 0.261 e. The molecule has 2 aliphatic rings. The lowest BCUT2D eigenvalue weighted by molar-refractivity contribution is 0.0664. The van der Waals surface area contributed by atoms with Crippen molar-refractivity contribution >= 4 is 27.5 Å². The molecule has 0 radical (unpaired) electrons. The summed E-state index contributed by atoms with van der Waals surface area (Å²) in [4.78, 5) is 31.9. The Morgan fingerprint density at radius 1 is 0.966 bits per heavy atom. The lowest BCUT2D eigenvalue weighted by Crippen LogP contribution is -2.46. The number of pyridine rings is 1. The molecule has 2 aliphatic heterocycles. The second kappa shape index (κ2) is 7.92. The van der Waals surface area contributed by atoms with Crippen LogP contribution in [0.15, 0.2) is 48.8 Å². The van der Waals surface area contributed by atoms with Crippen molar-refractivity contribution in [1.82, 2.24) is 14.6 Å². The average Bonchev–Trinajstić information content (AvgIpc) is 2.98. The monoisotopic (exact) mass is 414 g/mol. The van der Waals surface area contributed by atoms with Crippen molar-refractivity contribution in [1.29, 1.82) is 0 Å². The van der Waals surface area contributed by atoms with E-state index >= 15 is 0 Å². The highest BCUT2D eigenvalue weighted by atomic mass is 32.2. The number of carbonyl (C=O) groups excluding carboxylic acids is 2. The number of benzene rings is 1. The van der Waals surface area contributed by atoms with Crippen LogP contribution in [0.1, 0.15) is 33.6 Å². The Kier molecular flexibility index (Phi) is 5.33. The van der Waals surface area contributed by atoms with Gasteiger partial charge in [0.25, 0.3) is 11.8 Å². The van der Waals surface area contributed by atoms with Crippen LogP contribution >= 0.6 is 0 Å². The molecule has 4 rings (SSSR count). The van der Waals surface area contributed by atoms with Crippen LogP contribution in [-0.4, -0.2) is 61.5 Å². The largest absolute Gasteiger partial charge is 0.371 e. The minimum atomic E-state index is -3.61. The summed E-state index contributed by atoms with van der Waals surface area (Å²) < 4.78 is 27.7. The maximum Gasteiger partial charge on any atom is 0.261 e. The Hall–Kier alpha value is -2.78. The number of rotatable bonds is 6. The molecular weight excluding hydrogens is 392 g/mol. The highest BCUT2D eigenvalue weighted by molar-refractivity contribution is 7.89. The van der Waals surface area contributed by atoms with Crippen LogP contribution in [-0.2, 0) is 10.0 Å². The van der Waals surface area contributed by atoms with Gasteiger partial charge >= 0.3 is 0 Å². The molecule has 29 heavy (non-hydrogen) atoms. The van der Waals surface area contributed by atoms with Crippen LogP contribution in [0.3, 0.4) is 0 Å². The number of hydrogen-bond donors (Lipinski definition) is 1. The number of nitrogens with one attached hydrogen (secondary N) is 1. The van der Waals surface area contributed by atoms with E-state index in [1.807, 2.05) is 12.1 Å². The molecule has 0 aliphatic carbocycles. The van der Waals surface area contributed by atoms with Crippen molar-refractivity contribution in [2.75, 3.05) is 30.3 Å². The minimum Gasteiger partial charge on any atom is -0.371 e. The number of fused-ring (bicyclic) bond motifs is 1. The predicted molar refractivity (Wildman–Crippen MR) is 108 cm³/mol. The number of carbonyl (C=O) groups is 2. The quantitative estimate of drug-likeness (QED) is 0.715. The standard InChI is InChI=1S/C20H22N4O4S/c25-19-17-3-1-2-4-18(17)20(26)24(19)13-14-29(27,28)22-15-7-11-23(12-8-15)16-5-9-21-10-6-16/h1-6,9-10,15,22H,7-8,11-14H2. The molecule has 2 amide bonds. The fourth-order valence-electron chi connectivity index (χ4n) is 3.78. The van der Waals surface area contributed by atoms with Gasteiger partial charge in [0.2, 0.25) is 10.0 Å². The zero-order valence-corrected chi connectivity index (χ0v) is 16.6. The molecule has 3 heterocycles. The van der Waals surface area contributed by atoms with Gasteiger partial charge < -0.3 is 4.90 Å². The van der Waals surface area contributed by atoms with Crippen molar-refractivity contribution in [3.63, 3.8) is 0 Å². The number of imide groups is 1. The molecule has 152 valence electrons. The fourth-order valence-corrected chi connectivity index (χ4v) is 5.06. The maximum atomic E-state index is 12.5. The van der Waals surface area contributed by atoms with E-state index in [9.17, 15) is 18.0 Å². The first-order valence-electron chi connectivity index (χ1n) is 9.55. The van der Waals surface area contributed by atoms with Crippen molar-refractivity contribution < 1.29 is 18.0 Å². The van der Waals surface area contributed by atoms with E-state index in [1.54, 1.807) is 36.7 Å². The first kappa shape index (κ1) is 19.5. The van der Waals surface area contributed by atoms with Gasteiger partial charge in [0.1, 0.15) is 0 Å².